The van der Waals surface area contributed by atoms with Crippen LogP contribution >= 0.6 is 0 Å². The molecule has 15 rings (SSSR count). The van der Waals surface area contributed by atoms with E-state index in [4.69, 9.17) is 0 Å². The quantitative estimate of drug-likeness (QED) is 0.129. The third kappa shape index (κ3) is 8.48. The van der Waals surface area contributed by atoms with E-state index in [1.54, 1.807) is 0 Å². The molecule has 2 heterocycles. The van der Waals surface area contributed by atoms with Crippen LogP contribution in [0.3, 0.4) is 0 Å². The maximum Gasteiger partial charge on any atom is 0.0541 e. The summed E-state index contributed by atoms with van der Waals surface area (Å²) in [6, 6.07) is 115. The highest BCUT2D eigenvalue weighted by atomic mass is 15.0. The standard InChI is InChI=1S/C78H52N2/c1-3-15-53(16-4-1)60-17-11-18-61(47-60)57-39-41-58(42-40-57)63-20-13-22-65(49-63)64-21-12-19-62(48-64)56-35-31-54(32-36-56)55-33-37-59(38-34-55)66-23-14-26-70(50-66)80-76-30-10-8-28-72(76)74-52-68(44-46-78(74)80)67-43-45-77-73(51-67)71-27-7-9-29-75(71)79(77)69-24-5-2-6-25-69/h1-52H. The third-order valence-electron chi connectivity index (χ3n) is 16.1. The summed E-state index contributed by atoms with van der Waals surface area (Å²) in [5, 5.41) is 4.99. The molecule has 0 aliphatic rings. The first-order valence-corrected chi connectivity index (χ1v) is 27.5. The first-order valence-electron chi connectivity index (χ1n) is 27.5. The highest BCUT2D eigenvalue weighted by Crippen LogP contribution is 2.40. The van der Waals surface area contributed by atoms with Crippen molar-refractivity contribution in [3.05, 3.63) is 315 Å². The summed E-state index contributed by atoms with van der Waals surface area (Å²) in [6.45, 7) is 0. The van der Waals surface area contributed by atoms with Gasteiger partial charge in [0.05, 0.1) is 22.1 Å². The Bertz CT molecular complexity index is 4770. The van der Waals surface area contributed by atoms with Gasteiger partial charge in [-0.15, -0.1) is 0 Å². The zero-order chi connectivity index (χ0) is 52.9. The molecule has 2 aromatic heterocycles. The van der Waals surface area contributed by atoms with E-state index in [-0.39, 0.29) is 0 Å². The Morgan fingerprint density at radius 1 is 0.138 bits per heavy atom. The lowest BCUT2D eigenvalue weighted by atomic mass is 9.94. The van der Waals surface area contributed by atoms with Crippen LogP contribution in [0.2, 0.25) is 0 Å². The minimum absolute atomic E-state index is 1.14. The second-order valence-corrected chi connectivity index (χ2v) is 20.9. The van der Waals surface area contributed by atoms with Crippen LogP contribution in [0.4, 0.5) is 0 Å². The zero-order valence-corrected chi connectivity index (χ0v) is 43.9. The van der Waals surface area contributed by atoms with Gasteiger partial charge in [-0.05, 0) is 168 Å². The maximum absolute atomic E-state index is 2.42. The molecular weight excluding hydrogens is 965 g/mol. The van der Waals surface area contributed by atoms with Gasteiger partial charge in [0.2, 0.25) is 0 Å². The molecule has 15 aromatic rings. The van der Waals surface area contributed by atoms with Crippen molar-refractivity contribution in [1.29, 1.82) is 0 Å². The highest BCUT2D eigenvalue weighted by Gasteiger charge is 2.17. The SMILES string of the molecule is c1ccc(-c2cccc(-c3ccc(-c4cccc(-c5cccc(-c6ccc(-c7ccc(-c8cccc(-n9c%10ccccc%10c%10cc(-c%11ccc%12c(c%11)c%11ccccc%11n%12-c%11ccccc%11)ccc%109)c8)cc7)cc6)c5)c4)cc3)c2)cc1. The Labute approximate surface area is 466 Å². The first-order chi connectivity index (χ1) is 39.6. The van der Waals surface area contributed by atoms with Crippen LogP contribution < -0.4 is 0 Å². The molecule has 80 heavy (non-hydrogen) atoms. The van der Waals surface area contributed by atoms with Crippen LogP contribution in [0.1, 0.15) is 0 Å². The van der Waals surface area contributed by atoms with Crippen molar-refractivity contribution < 1.29 is 0 Å². The van der Waals surface area contributed by atoms with Crippen molar-refractivity contribution in [2.45, 2.75) is 0 Å². The Balaban J connectivity index is 0.667. The molecule has 2 heteroatoms. The summed E-state index contributed by atoms with van der Waals surface area (Å²) in [7, 11) is 0. The van der Waals surface area contributed by atoms with E-state index in [0.29, 0.717) is 0 Å². The van der Waals surface area contributed by atoms with E-state index < -0.39 is 0 Å². The molecule has 0 bridgehead atoms. The fourth-order valence-corrected chi connectivity index (χ4v) is 12.1. The number of fused-ring (bicyclic) bond motifs is 6. The van der Waals surface area contributed by atoms with E-state index in [1.807, 2.05) is 0 Å². The Kier molecular flexibility index (Phi) is 11.6. The Morgan fingerprint density at radius 2 is 0.388 bits per heavy atom. The summed E-state index contributed by atoms with van der Waals surface area (Å²) in [5.74, 6) is 0. The van der Waals surface area contributed by atoms with Gasteiger partial charge in [0.25, 0.3) is 0 Å². The van der Waals surface area contributed by atoms with Gasteiger partial charge in [0.1, 0.15) is 0 Å². The third-order valence-corrected chi connectivity index (χ3v) is 16.1. The topological polar surface area (TPSA) is 9.86 Å². The predicted molar refractivity (Wildman–Crippen MR) is 339 cm³/mol. The summed E-state index contributed by atoms with van der Waals surface area (Å²) in [5.41, 5.74) is 26.3. The van der Waals surface area contributed by atoms with Crippen molar-refractivity contribution in [3.8, 4) is 100 Å². The molecule has 0 aliphatic heterocycles. The smallest absolute Gasteiger partial charge is 0.0541 e. The summed E-state index contributed by atoms with van der Waals surface area (Å²) in [4.78, 5) is 0. The number of rotatable bonds is 10. The molecule has 0 saturated heterocycles. The number of aromatic nitrogens is 2. The Hall–Kier alpha value is -10.5. The van der Waals surface area contributed by atoms with E-state index in [1.165, 1.54) is 138 Å². The van der Waals surface area contributed by atoms with Crippen LogP contribution in [-0.2, 0) is 0 Å². The minimum Gasteiger partial charge on any atom is -0.309 e. The molecular formula is C78H52N2. The summed E-state index contributed by atoms with van der Waals surface area (Å²) in [6.07, 6.45) is 0. The minimum atomic E-state index is 1.14. The number of hydrogen-bond acceptors (Lipinski definition) is 0. The Morgan fingerprint density at radius 3 is 0.812 bits per heavy atom. The van der Waals surface area contributed by atoms with Crippen LogP contribution in [-0.4, -0.2) is 9.13 Å². The molecule has 0 spiro atoms. The molecule has 0 saturated carbocycles. The molecule has 0 radical (unpaired) electrons. The fourth-order valence-electron chi connectivity index (χ4n) is 12.1. The molecule has 0 N–H and O–H groups in total. The molecule has 2 nitrogen and oxygen atoms in total. The van der Waals surface area contributed by atoms with E-state index in [0.717, 1.165) is 5.69 Å². The predicted octanol–water partition coefficient (Wildman–Crippen LogP) is 21.2. The van der Waals surface area contributed by atoms with E-state index in [2.05, 4.69) is 325 Å². The van der Waals surface area contributed by atoms with Crippen molar-refractivity contribution in [1.82, 2.24) is 9.13 Å². The lowest BCUT2D eigenvalue weighted by Crippen LogP contribution is -1.94. The van der Waals surface area contributed by atoms with Crippen molar-refractivity contribution in [2.75, 3.05) is 0 Å². The fraction of sp³-hybridized carbons (Fsp3) is 0. The summed E-state index contributed by atoms with van der Waals surface area (Å²) < 4.78 is 4.80. The van der Waals surface area contributed by atoms with Gasteiger partial charge < -0.3 is 9.13 Å². The van der Waals surface area contributed by atoms with Gasteiger partial charge in [-0.3, -0.25) is 0 Å². The highest BCUT2D eigenvalue weighted by molar-refractivity contribution is 6.13. The van der Waals surface area contributed by atoms with E-state index in [9.17, 15) is 0 Å². The van der Waals surface area contributed by atoms with Gasteiger partial charge in [-0.25, -0.2) is 0 Å². The largest absolute Gasteiger partial charge is 0.309 e. The monoisotopic (exact) mass is 1020 g/mol. The normalized spacial score (nSPS) is 11.5. The molecule has 0 aliphatic carbocycles. The lowest BCUT2D eigenvalue weighted by Gasteiger charge is -2.12. The maximum atomic E-state index is 2.42. The average Bonchev–Trinajstić information content (AvgIpc) is 4.28. The van der Waals surface area contributed by atoms with Gasteiger partial charge in [0.15, 0.2) is 0 Å². The summed E-state index contributed by atoms with van der Waals surface area (Å²) >= 11 is 0. The second kappa shape index (κ2) is 19.8. The zero-order valence-electron chi connectivity index (χ0n) is 43.9. The number of benzene rings is 13. The average molecular weight is 1020 g/mol. The number of para-hydroxylation sites is 3. The van der Waals surface area contributed by atoms with Gasteiger partial charge in [-0.2, -0.15) is 0 Å². The van der Waals surface area contributed by atoms with Crippen LogP contribution in [0.15, 0.2) is 315 Å². The van der Waals surface area contributed by atoms with Gasteiger partial charge in [0, 0.05) is 32.9 Å². The molecule has 374 valence electrons. The molecule has 0 amide bonds. The van der Waals surface area contributed by atoms with Crippen molar-refractivity contribution in [3.63, 3.8) is 0 Å². The van der Waals surface area contributed by atoms with Crippen LogP contribution in [0.25, 0.3) is 144 Å². The lowest BCUT2D eigenvalue weighted by molar-refractivity contribution is 1.18. The van der Waals surface area contributed by atoms with E-state index >= 15 is 0 Å². The first kappa shape index (κ1) is 46.7. The number of hydrogen-bond donors (Lipinski definition) is 0. The van der Waals surface area contributed by atoms with Crippen molar-refractivity contribution in [2.24, 2.45) is 0 Å². The second-order valence-electron chi connectivity index (χ2n) is 20.9. The molecule has 0 atom stereocenters. The van der Waals surface area contributed by atoms with Gasteiger partial charge in [-0.1, -0.05) is 237 Å². The van der Waals surface area contributed by atoms with Crippen LogP contribution in [0, 0.1) is 0 Å². The molecule has 13 aromatic carbocycles. The molecule has 0 fully saturated rings. The van der Waals surface area contributed by atoms with Crippen molar-refractivity contribution >= 4 is 43.6 Å². The van der Waals surface area contributed by atoms with Gasteiger partial charge >= 0.3 is 0 Å². The molecule has 0 unspecified atom stereocenters. The van der Waals surface area contributed by atoms with Crippen LogP contribution in [0.5, 0.6) is 0 Å². The number of nitrogens with zero attached hydrogens (tertiary/aromatic N) is 2.